The van der Waals surface area contributed by atoms with E-state index in [1.165, 1.54) is 12.8 Å². The molecule has 0 bridgehead atoms. The normalized spacial score (nSPS) is 15.5. The average molecular weight is 329 g/mol. The maximum atomic E-state index is 12.7. The Balaban J connectivity index is 1.73. The van der Waals surface area contributed by atoms with Gasteiger partial charge in [0.25, 0.3) is 5.56 Å². The van der Waals surface area contributed by atoms with E-state index in [0.717, 1.165) is 18.5 Å². The van der Waals surface area contributed by atoms with Gasteiger partial charge in [-0.25, -0.2) is 4.98 Å². The number of hydrogen-bond acceptors (Lipinski definition) is 3. The number of halogens is 1. The van der Waals surface area contributed by atoms with Gasteiger partial charge in [-0.1, -0.05) is 30.5 Å². The van der Waals surface area contributed by atoms with Crippen molar-refractivity contribution in [1.29, 1.82) is 0 Å². The van der Waals surface area contributed by atoms with Crippen LogP contribution in [0.25, 0.3) is 10.9 Å². The third-order valence-electron chi connectivity index (χ3n) is 4.56. The Morgan fingerprint density at radius 3 is 2.87 bits per heavy atom. The molecule has 23 heavy (non-hydrogen) atoms. The van der Waals surface area contributed by atoms with Crippen LogP contribution >= 0.6 is 11.6 Å². The molecule has 0 aliphatic heterocycles. The number of nitrogens with zero attached hydrogens (tertiary/aromatic N) is 4. The molecule has 1 aromatic carbocycles. The van der Waals surface area contributed by atoms with Gasteiger partial charge in [0, 0.05) is 6.20 Å². The Hall–Kier alpha value is -2.14. The summed E-state index contributed by atoms with van der Waals surface area (Å²) in [4.78, 5) is 17.0. The summed E-state index contributed by atoms with van der Waals surface area (Å²) >= 11 is 6.11. The van der Waals surface area contributed by atoms with E-state index < -0.39 is 0 Å². The predicted octanol–water partition coefficient (Wildman–Crippen LogP) is 3.41. The fraction of sp³-hybridized carbons (Fsp3) is 0.353. The Morgan fingerprint density at radius 2 is 2.04 bits per heavy atom. The quantitative estimate of drug-likeness (QED) is 0.740. The van der Waals surface area contributed by atoms with Gasteiger partial charge >= 0.3 is 0 Å². The Labute approximate surface area is 138 Å². The second-order valence-electron chi connectivity index (χ2n) is 6.02. The minimum Gasteiger partial charge on any atom is -0.293 e. The van der Waals surface area contributed by atoms with Crippen molar-refractivity contribution in [2.75, 3.05) is 0 Å². The highest BCUT2D eigenvalue weighted by Crippen LogP contribution is 2.29. The van der Waals surface area contributed by atoms with Crippen molar-refractivity contribution in [3.8, 4) is 0 Å². The van der Waals surface area contributed by atoms with Crippen LogP contribution < -0.4 is 5.56 Å². The lowest BCUT2D eigenvalue weighted by atomic mass is 10.2. The second kappa shape index (κ2) is 5.81. The van der Waals surface area contributed by atoms with Gasteiger partial charge in [0.15, 0.2) is 0 Å². The molecule has 2 heterocycles. The van der Waals surface area contributed by atoms with Crippen molar-refractivity contribution in [3.63, 3.8) is 0 Å². The van der Waals surface area contributed by atoms with Crippen LogP contribution in [-0.2, 0) is 6.54 Å². The van der Waals surface area contributed by atoms with Crippen LogP contribution in [-0.4, -0.2) is 19.3 Å². The molecule has 0 spiro atoms. The highest BCUT2D eigenvalue weighted by molar-refractivity contribution is 6.34. The molecule has 5 nitrogen and oxygen atoms in total. The third-order valence-corrected chi connectivity index (χ3v) is 4.86. The summed E-state index contributed by atoms with van der Waals surface area (Å²) in [7, 11) is 0. The van der Waals surface area contributed by atoms with E-state index in [4.69, 9.17) is 11.6 Å². The fourth-order valence-corrected chi connectivity index (χ4v) is 3.61. The first-order chi connectivity index (χ1) is 11.2. The molecule has 0 atom stereocenters. The largest absolute Gasteiger partial charge is 0.293 e. The number of benzene rings is 1. The van der Waals surface area contributed by atoms with Gasteiger partial charge in [0.1, 0.15) is 0 Å². The molecule has 1 aliphatic carbocycles. The van der Waals surface area contributed by atoms with Crippen molar-refractivity contribution in [1.82, 2.24) is 19.3 Å². The number of rotatable bonds is 3. The molecule has 0 amide bonds. The van der Waals surface area contributed by atoms with E-state index in [-0.39, 0.29) is 5.56 Å². The molecule has 0 unspecified atom stereocenters. The summed E-state index contributed by atoms with van der Waals surface area (Å²) < 4.78 is 3.70. The molecule has 0 N–H and O–H groups in total. The van der Waals surface area contributed by atoms with Gasteiger partial charge in [-0.3, -0.25) is 14.0 Å². The average Bonchev–Trinajstić information content (AvgIpc) is 3.21. The zero-order valence-electron chi connectivity index (χ0n) is 12.7. The van der Waals surface area contributed by atoms with Crippen LogP contribution in [0.3, 0.4) is 0 Å². The number of para-hydroxylation sites is 1. The van der Waals surface area contributed by atoms with E-state index in [1.54, 1.807) is 29.1 Å². The van der Waals surface area contributed by atoms with Crippen LogP contribution in [0.1, 0.15) is 37.4 Å². The molecular formula is C17H17ClN4O. The first kappa shape index (κ1) is 14.5. The summed E-state index contributed by atoms with van der Waals surface area (Å²) in [5.41, 5.74) is 1.53. The summed E-state index contributed by atoms with van der Waals surface area (Å²) in [5, 5.41) is 5.51. The predicted molar refractivity (Wildman–Crippen MR) is 89.8 cm³/mol. The Morgan fingerprint density at radius 1 is 1.22 bits per heavy atom. The molecule has 1 fully saturated rings. The van der Waals surface area contributed by atoms with E-state index in [9.17, 15) is 4.79 Å². The first-order valence-electron chi connectivity index (χ1n) is 7.90. The van der Waals surface area contributed by atoms with E-state index >= 15 is 0 Å². The van der Waals surface area contributed by atoms with E-state index in [1.807, 2.05) is 12.3 Å². The molecule has 1 saturated carbocycles. The SMILES string of the molecule is O=c1c2cccc(Cl)c2ncn1Cc1ccnn1C1CCCC1. The van der Waals surface area contributed by atoms with Crippen LogP contribution in [0.2, 0.25) is 5.02 Å². The highest BCUT2D eigenvalue weighted by atomic mass is 35.5. The third kappa shape index (κ3) is 2.55. The highest BCUT2D eigenvalue weighted by Gasteiger charge is 2.20. The van der Waals surface area contributed by atoms with Gasteiger partial charge < -0.3 is 0 Å². The van der Waals surface area contributed by atoms with Gasteiger partial charge in [0.2, 0.25) is 0 Å². The summed E-state index contributed by atoms with van der Waals surface area (Å²) in [6.07, 6.45) is 8.21. The molecule has 2 aromatic heterocycles. The minimum atomic E-state index is -0.0725. The van der Waals surface area contributed by atoms with Crippen molar-refractivity contribution >= 4 is 22.5 Å². The lowest BCUT2D eigenvalue weighted by molar-refractivity contribution is 0.443. The zero-order chi connectivity index (χ0) is 15.8. The van der Waals surface area contributed by atoms with Crippen molar-refractivity contribution in [2.45, 2.75) is 38.3 Å². The topological polar surface area (TPSA) is 52.7 Å². The fourth-order valence-electron chi connectivity index (χ4n) is 3.39. The molecule has 6 heteroatoms. The first-order valence-corrected chi connectivity index (χ1v) is 8.28. The van der Waals surface area contributed by atoms with Crippen molar-refractivity contribution in [2.24, 2.45) is 0 Å². The number of aromatic nitrogens is 4. The van der Waals surface area contributed by atoms with E-state index in [2.05, 4.69) is 14.8 Å². The van der Waals surface area contributed by atoms with Crippen LogP contribution in [0.5, 0.6) is 0 Å². The smallest absolute Gasteiger partial charge is 0.261 e. The summed E-state index contributed by atoms with van der Waals surface area (Å²) in [6.45, 7) is 0.477. The number of hydrogen-bond donors (Lipinski definition) is 0. The van der Waals surface area contributed by atoms with Crippen LogP contribution in [0, 0.1) is 0 Å². The molecule has 1 aliphatic rings. The summed E-state index contributed by atoms with van der Waals surface area (Å²) in [6, 6.07) is 7.73. The molecular weight excluding hydrogens is 312 g/mol. The van der Waals surface area contributed by atoms with E-state index in [0.29, 0.717) is 28.5 Å². The molecule has 0 saturated heterocycles. The Kier molecular flexibility index (Phi) is 3.65. The second-order valence-corrected chi connectivity index (χ2v) is 6.43. The monoisotopic (exact) mass is 328 g/mol. The molecule has 118 valence electrons. The molecule has 4 rings (SSSR count). The zero-order valence-corrected chi connectivity index (χ0v) is 13.4. The Bertz CT molecular complexity index is 908. The number of fused-ring (bicyclic) bond motifs is 1. The van der Waals surface area contributed by atoms with Crippen molar-refractivity contribution in [3.05, 3.63) is 57.9 Å². The molecule has 3 aromatic rings. The maximum absolute atomic E-state index is 12.7. The minimum absolute atomic E-state index is 0.0725. The van der Waals surface area contributed by atoms with Crippen molar-refractivity contribution < 1.29 is 0 Å². The van der Waals surface area contributed by atoms with Gasteiger partial charge in [0.05, 0.1) is 40.5 Å². The lowest BCUT2D eigenvalue weighted by Gasteiger charge is -2.15. The van der Waals surface area contributed by atoms with Gasteiger partial charge in [-0.05, 0) is 31.0 Å². The summed E-state index contributed by atoms with van der Waals surface area (Å²) in [5.74, 6) is 0. The molecule has 0 radical (unpaired) electrons. The van der Waals surface area contributed by atoms with Crippen LogP contribution in [0.15, 0.2) is 41.6 Å². The lowest BCUT2D eigenvalue weighted by Crippen LogP contribution is -2.23. The van der Waals surface area contributed by atoms with Crippen LogP contribution in [0.4, 0.5) is 0 Å². The van der Waals surface area contributed by atoms with Gasteiger partial charge in [-0.2, -0.15) is 5.10 Å². The standard InChI is InChI=1S/C17H17ClN4O/c18-15-7-3-6-14-16(15)19-11-21(17(14)23)10-13-8-9-20-22(13)12-4-1-2-5-12/h3,6-9,11-12H,1-2,4-5,10H2. The van der Waals surface area contributed by atoms with Gasteiger partial charge in [-0.15, -0.1) is 0 Å². The maximum Gasteiger partial charge on any atom is 0.261 e.